The number of carbonyl (C=O) groups is 3. The van der Waals surface area contributed by atoms with E-state index in [0.717, 1.165) is 6.08 Å². The molecule has 3 amide bonds. The highest BCUT2D eigenvalue weighted by molar-refractivity contribution is 6.06. The predicted molar refractivity (Wildman–Crippen MR) is 57.1 cm³/mol. The molecule has 1 heterocycles. The number of imide groups is 1. The molecule has 1 aromatic heterocycles. The van der Waals surface area contributed by atoms with E-state index in [1.165, 1.54) is 17.1 Å². The van der Waals surface area contributed by atoms with Crippen LogP contribution in [-0.4, -0.2) is 32.8 Å². The Morgan fingerprint density at radius 1 is 1.41 bits per heavy atom. The Morgan fingerprint density at radius 2 is 2.12 bits per heavy atom. The van der Waals surface area contributed by atoms with E-state index in [2.05, 4.69) is 10.4 Å². The second-order valence-corrected chi connectivity index (χ2v) is 3.02. The van der Waals surface area contributed by atoms with Gasteiger partial charge in [0, 0.05) is 25.4 Å². The van der Waals surface area contributed by atoms with Crippen LogP contribution in [0.4, 0.5) is 10.5 Å². The van der Waals surface area contributed by atoms with Crippen molar-refractivity contribution in [3.8, 4) is 0 Å². The number of carbonyl (C=O) groups excluding carboxylic acids is 2. The zero-order valence-electron chi connectivity index (χ0n) is 8.88. The number of amides is 3. The van der Waals surface area contributed by atoms with Crippen LogP contribution in [0.15, 0.2) is 24.5 Å². The van der Waals surface area contributed by atoms with Crippen molar-refractivity contribution in [1.82, 2.24) is 15.1 Å². The minimum Gasteiger partial charge on any atom is -0.478 e. The van der Waals surface area contributed by atoms with Gasteiger partial charge in [-0.1, -0.05) is 0 Å². The average Bonchev–Trinajstić information content (AvgIpc) is 2.60. The van der Waals surface area contributed by atoms with Crippen LogP contribution in [0.5, 0.6) is 0 Å². The first-order valence-electron chi connectivity index (χ1n) is 4.49. The number of urea groups is 1. The van der Waals surface area contributed by atoms with Gasteiger partial charge in [0.1, 0.15) is 0 Å². The van der Waals surface area contributed by atoms with Gasteiger partial charge in [-0.2, -0.15) is 5.10 Å². The molecule has 0 atom stereocenters. The van der Waals surface area contributed by atoms with Gasteiger partial charge in [-0.25, -0.2) is 9.59 Å². The lowest BCUT2D eigenvalue weighted by Crippen LogP contribution is -2.33. The first-order chi connectivity index (χ1) is 7.97. The van der Waals surface area contributed by atoms with Crippen LogP contribution < -0.4 is 10.6 Å². The molecular formula is C9H10N4O4. The Labute approximate surface area is 95.9 Å². The molecule has 0 unspecified atom stereocenters. The number of carboxylic acid groups (broad SMARTS) is 1. The van der Waals surface area contributed by atoms with Gasteiger partial charge in [-0.3, -0.25) is 14.8 Å². The molecule has 0 saturated heterocycles. The van der Waals surface area contributed by atoms with Crippen molar-refractivity contribution in [2.24, 2.45) is 7.05 Å². The highest BCUT2D eigenvalue weighted by Gasteiger charge is 2.06. The van der Waals surface area contributed by atoms with Crippen LogP contribution in [0.25, 0.3) is 0 Å². The van der Waals surface area contributed by atoms with Gasteiger partial charge in [0.15, 0.2) is 0 Å². The normalized spacial score (nSPS) is 10.2. The number of hydrogen-bond acceptors (Lipinski definition) is 4. The minimum absolute atomic E-state index is 0.417. The third-order valence-electron chi connectivity index (χ3n) is 1.58. The maximum Gasteiger partial charge on any atom is 0.328 e. The summed E-state index contributed by atoms with van der Waals surface area (Å²) in [4.78, 5) is 32.3. The molecule has 8 nitrogen and oxygen atoms in total. The number of nitrogens with one attached hydrogen (secondary N) is 2. The number of anilines is 1. The van der Waals surface area contributed by atoms with E-state index in [9.17, 15) is 14.4 Å². The third-order valence-corrected chi connectivity index (χ3v) is 1.58. The summed E-state index contributed by atoms with van der Waals surface area (Å²) in [6, 6.07) is -0.766. The number of aryl methyl sites for hydroxylation is 1. The quantitative estimate of drug-likeness (QED) is 0.626. The maximum atomic E-state index is 11.2. The number of aliphatic carboxylic acids is 1. The van der Waals surface area contributed by atoms with Gasteiger partial charge < -0.3 is 10.4 Å². The van der Waals surface area contributed by atoms with Gasteiger partial charge in [0.2, 0.25) is 0 Å². The Hall–Kier alpha value is -2.64. The Morgan fingerprint density at radius 3 is 2.65 bits per heavy atom. The molecule has 0 saturated carbocycles. The van der Waals surface area contributed by atoms with E-state index >= 15 is 0 Å². The van der Waals surface area contributed by atoms with Gasteiger partial charge in [-0.15, -0.1) is 0 Å². The lowest BCUT2D eigenvalue weighted by atomic mass is 10.4. The van der Waals surface area contributed by atoms with Crippen LogP contribution in [0, 0.1) is 0 Å². The molecule has 0 radical (unpaired) electrons. The van der Waals surface area contributed by atoms with Crippen molar-refractivity contribution in [3.63, 3.8) is 0 Å². The Kier molecular flexibility index (Phi) is 3.98. The van der Waals surface area contributed by atoms with Gasteiger partial charge in [0.25, 0.3) is 5.91 Å². The summed E-state index contributed by atoms with van der Waals surface area (Å²) in [7, 11) is 1.67. The fourth-order valence-electron chi connectivity index (χ4n) is 0.949. The molecule has 0 aliphatic heterocycles. The van der Waals surface area contributed by atoms with E-state index in [0.29, 0.717) is 11.8 Å². The molecule has 1 aromatic rings. The topological polar surface area (TPSA) is 113 Å². The molecule has 0 bridgehead atoms. The fourth-order valence-corrected chi connectivity index (χ4v) is 0.949. The molecule has 0 aliphatic rings. The van der Waals surface area contributed by atoms with Crippen molar-refractivity contribution < 1.29 is 19.5 Å². The van der Waals surface area contributed by atoms with E-state index < -0.39 is 17.9 Å². The summed E-state index contributed by atoms with van der Waals surface area (Å²) < 4.78 is 1.47. The monoisotopic (exact) mass is 238 g/mol. The van der Waals surface area contributed by atoms with Gasteiger partial charge >= 0.3 is 12.0 Å². The van der Waals surface area contributed by atoms with E-state index in [-0.39, 0.29) is 0 Å². The molecule has 1 rings (SSSR count). The second kappa shape index (κ2) is 5.45. The Balaban J connectivity index is 2.45. The summed E-state index contributed by atoms with van der Waals surface area (Å²) in [5.41, 5.74) is 0.417. The molecule has 3 N–H and O–H groups in total. The third kappa shape index (κ3) is 4.60. The molecule has 17 heavy (non-hydrogen) atoms. The van der Waals surface area contributed by atoms with Crippen molar-refractivity contribution in [1.29, 1.82) is 0 Å². The van der Waals surface area contributed by atoms with Crippen LogP contribution in [0.1, 0.15) is 0 Å². The highest BCUT2D eigenvalue weighted by atomic mass is 16.4. The average molecular weight is 238 g/mol. The van der Waals surface area contributed by atoms with Gasteiger partial charge in [-0.05, 0) is 0 Å². The van der Waals surface area contributed by atoms with Crippen LogP contribution in [0.2, 0.25) is 0 Å². The highest BCUT2D eigenvalue weighted by Crippen LogP contribution is 2.02. The van der Waals surface area contributed by atoms with E-state index in [4.69, 9.17) is 5.11 Å². The zero-order chi connectivity index (χ0) is 12.8. The molecule has 0 fully saturated rings. The molecule has 90 valence electrons. The smallest absolute Gasteiger partial charge is 0.328 e. The lowest BCUT2D eigenvalue weighted by Gasteiger charge is -2.01. The molecule has 8 heteroatoms. The van der Waals surface area contributed by atoms with Crippen LogP contribution in [0.3, 0.4) is 0 Å². The number of hydrogen-bond donors (Lipinski definition) is 3. The maximum absolute atomic E-state index is 11.2. The zero-order valence-corrected chi connectivity index (χ0v) is 8.88. The van der Waals surface area contributed by atoms with Gasteiger partial charge in [0.05, 0.1) is 11.9 Å². The molecule has 0 aromatic carbocycles. The standard InChI is InChI=1S/C9H10N4O4/c1-13-5-6(4-10-13)11-9(17)12-7(14)2-3-8(15)16/h2-5H,1H3,(H,15,16)(H2,11,12,14,17)/b3-2+. The van der Waals surface area contributed by atoms with Crippen molar-refractivity contribution in [2.75, 3.05) is 5.32 Å². The number of carboxylic acids is 1. The number of rotatable bonds is 3. The number of nitrogens with zero attached hydrogens (tertiary/aromatic N) is 2. The van der Waals surface area contributed by atoms with Crippen molar-refractivity contribution >= 4 is 23.6 Å². The summed E-state index contributed by atoms with van der Waals surface area (Å²) in [6.45, 7) is 0. The minimum atomic E-state index is -1.27. The predicted octanol–water partition coefficient (Wildman–Crippen LogP) is -0.291. The summed E-state index contributed by atoms with van der Waals surface area (Å²) in [6.07, 6.45) is 4.31. The summed E-state index contributed by atoms with van der Waals surface area (Å²) >= 11 is 0. The first-order valence-corrected chi connectivity index (χ1v) is 4.49. The fraction of sp³-hybridized carbons (Fsp3) is 0.111. The molecular weight excluding hydrogens is 228 g/mol. The van der Waals surface area contributed by atoms with Crippen LogP contribution in [-0.2, 0) is 16.6 Å². The second-order valence-electron chi connectivity index (χ2n) is 3.02. The largest absolute Gasteiger partial charge is 0.478 e. The van der Waals surface area contributed by atoms with Crippen LogP contribution >= 0.6 is 0 Å². The van der Waals surface area contributed by atoms with E-state index in [1.807, 2.05) is 5.32 Å². The van der Waals surface area contributed by atoms with E-state index in [1.54, 1.807) is 7.05 Å². The molecule has 0 aliphatic carbocycles. The SMILES string of the molecule is Cn1cc(NC(=O)NC(=O)/C=C/C(=O)O)cn1. The summed E-state index contributed by atoms with van der Waals surface area (Å²) in [5.74, 6) is -2.10. The van der Waals surface area contributed by atoms with Crippen molar-refractivity contribution in [3.05, 3.63) is 24.5 Å². The lowest BCUT2D eigenvalue weighted by molar-refractivity contribution is -0.131. The Bertz CT molecular complexity index is 477. The number of aromatic nitrogens is 2. The first kappa shape index (κ1) is 12.4. The van der Waals surface area contributed by atoms with Crippen molar-refractivity contribution in [2.45, 2.75) is 0 Å². The summed E-state index contributed by atoms with van der Waals surface area (Å²) in [5, 5.41) is 16.3. The molecule has 0 spiro atoms.